The van der Waals surface area contributed by atoms with Crippen molar-refractivity contribution in [1.29, 1.82) is 0 Å². The van der Waals surface area contributed by atoms with Crippen molar-refractivity contribution in [1.82, 2.24) is 0 Å². The zero-order valence-corrected chi connectivity index (χ0v) is 7.92. The Morgan fingerprint density at radius 2 is 2.31 bits per heavy atom. The van der Waals surface area contributed by atoms with Gasteiger partial charge in [0.2, 0.25) is 0 Å². The number of carbonyl (C=O) groups excluding carboxylic acids is 1. The molecule has 76 valence electrons. The van der Waals surface area contributed by atoms with Crippen LogP contribution in [0.1, 0.15) is 19.8 Å². The van der Waals surface area contributed by atoms with Gasteiger partial charge in [-0.25, -0.2) is 4.39 Å². The van der Waals surface area contributed by atoms with Gasteiger partial charge in [-0.3, -0.25) is 4.79 Å². The Balaban J connectivity index is 3.70. The average molecular weight is 190 g/mol. The van der Waals surface area contributed by atoms with E-state index in [2.05, 4.69) is 4.74 Å². The van der Waals surface area contributed by atoms with Crippen molar-refractivity contribution in [3.05, 3.63) is 11.9 Å². The molecule has 0 fully saturated rings. The number of halogens is 1. The molecule has 0 aromatic rings. The number of allylic oxidation sites excluding steroid dienone is 1. The van der Waals surface area contributed by atoms with Crippen LogP contribution >= 0.6 is 0 Å². The number of esters is 1. The Morgan fingerprint density at radius 3 is 2.77 bits per heavy atom. The minimum Gasteiger partial charge on any atom is -0.469 e. The first-order valence-electron chi connectivity index (χ1n) is 4.15. The number of carbonyl (C=O) groups is 1. The summed E-state index contributed by atoms with van der Waals surface area (Å²) < 4.78 is 16.9. The summed E-state index contributed by atoms with van der Waals surface area (Å²) in [5, 5.41) is 8.32. The molecule has 0 aliphatic carbocycles. The minimum atomic E-state index is -0.577. The van der Waals surface area contributed by atoms with Gasteiger partial charge < -0.3 is 9.84 Å². The first-order chi connectivity index (χ1) is 6.11. The van der Waals surface area contributed by atoms with Gasteiger partial charge in [-0.1, -0.05) is 13.0 Å². The standard InChI is InChI=1S/C9H15FO3/c1-7(9(12)13-2)4-3-5-8(10)6-11/h5,7,11H,3-4,6H2,1-2H3/b8-5-/t7-/m0/s1. The number of aliphatic hydroxyl groups excluding tert-OH is 1. The summed E-state index contributed by atoms with van der Waals surface area (Å²) in [6, 6.07) is 0. The van der Waals surface area contributed by atoms with E-state index in [1.54, 1.807) is 6.92 Å². The molecule has 0 aliphatic rings. The summed E-state index contributed by atoms with van der Waals surface area (Å²) in [5.41, 5.74) is 0. The van der Waals surface area contributed by atoms with Gasteiger partial charge in [0.05, 0.1) is 19.6 Å². The van der Waals surface area contributed by atoms with E-state index in [1.165, 1.54) is 13.2 Å². The quantitative estimate of drug-likeness (QED) is 0.667. The maximum Gasteiger partial charge on any atom is 0.308 e. The van der Waals surface area contributed by atoms with Crippen LogP contribution in [0.3, 0.4) is 0 Å². The van der Waals surface area contributed by atoms with Crippen molar-refractivity contribution >= 4 is 5.97 Å². The summed E-state index contributed by atoms with van der Waals surface area (Å²) >= 11 is 0. The first-order valence-corrected chi connectivity index (χ1v) is 4.15. The Morgan fingerprint density at radius 1 is 1.69 bits per heavy atom. The SMILES string of the molecule is COC(=O)[C@@H](C)CC/C=C(\F)CO. The molecule has 0 bridgehead atoms. The number of rotatable bonds is 5. The minimum absolute atomic E-state index is 0.229. The van der Waals surface area contributed by atoms with Gasteiger partial charge in [-0.05, 0) is 12.8 Å². The molecule has 0 heterocycles. The van der Waals surface area contributed by atoms with E-state index >= 15 is 0 Å². The van der Waals surface area contributed by atoms with Crippen molar-refractivity contribution in [3.8, 4) is 0 Å². The lowest BCUT2D eigenvalue weighted by Crippen LogP contribution is -2.12. The van der Waals surface area contributed by atoms with Crippen LogP contribution in [-0.4, -0.2) is 24.8 Å². The third-order valence-electron chi connectivity index (χ3n) is 1.72. The van der Waals surface area contributed by atoms with Crippen LogP contribution in [-0.2, 0) is 9.53 Å². The zero-order chi connectivity index (χ0) is 10.3. The van der Waals surface area contributed by atoms with Gasteiger partial charge in [-0.2, -0.15) is 0 Å². The average Bonchev–Trinajstić information content (AvgIpc) is 2.15. The van der Waals surface area contributed by atoms with Gasteiger partial charge in [0.1, 0.15) is 5.83 Å². The second kappa shape index (κ2) is 6.60. The van der Waals surface area contributed by atoms with Crippen molar-refractivity contribution in [3.63, 3.8) is 0 Å². The Hall–Kier alpha value is -0.900. The normalized spacial score (nSPS) is 14.0. The molecule has 0 radical (unpaired) electrons. The molecule has 1 atom stereocenters. The van der Waals surface area contributed by atoms with Crippen LogP contribution in [0.2, 0.25) is 0 Å². The third kappa shape index (κ3) is 5.36. The highest BCUT2D eigenvalue weighted by atomic mass is 19.1. The zero-order valence-electron chi connectivity index (χ0n) is 7.92. The molecule has 0 aliphatic heterocycles. The highest BCUT2D eigenvalue weighted by Gasteiger charge is 2.11. The Labute approximate surface area is 77.2 Å². The lowest BCUT2D eigenvalue weighted by Gasteiger charge is -2.06. The van der Waals surface area contributed by atoms with Gasteiger partial charge in [0, 0.05) is 0 Å². The summed E-state index contributed by atoms with van der Waals surface area (Å²) in [5.74, 6) is -1.08. The van der Waals surface area contributed by atoms with E-state index in [0.29, 0.717) is 12.8 Å². The second-order valence-corrected chi connectivity index (χ2v) is 2.81. The molecule has 1 N–H and O–H groups in total. The smallest absolute Gasteiger partial charge is 0.308 e. The van der Waals surface area contributed by atoms with E-state index in [4.69, 9.17) is 5.11 Å². The molecule has 0 amide bonds. The van der Waals surface area contributed by atoms with Crippen LogP contribution in [0.15, 0.2) is 11.9 Å². The van der Waals surface area contributed by atoms with E-state index in [9.17, 15) is 9.18 Å². The van der Waals surface area contributed by atoms with Gasteiger partial charge in [0.25, 0.3) is 0 Å². The van der Waals surface area contributed by atoms with Crippen LogP contribution in [0, 0.1) is 5.92 Å². The monoisotopic (exact) mass is 190 g/mol. The maximum absolute atomic E-state index is 12.4. The van der Waals surface area contributed by atoms with Crippen molar-refractivity contribution in [2.75, 3.05) is 13.7 Å². The molecule has 3 nitrogen and oxygen atoms in total. The number of hydrogen-bond donors (Lipinski definition) is 1. The van der Waals surface area contributed by atoms with Gasteiger partial charge in [-0.15, -0.1) is 0 Å². The Bertz CT molecular complexity index is 189. The highest BCUT2D eigenvalue weighted by molar-refractivity contribution is 5.71. The van der Waals surface area contributed by atoms with E-state index in [1.807, 2.05) is 0 Å². The molecule has 0 unspecified atom stereocenters. The van der Waals surface area contributed by atoms with E-state index in [0.717, 1.165) is 0 Å². The van der Waals surface area contributed by atoms with Crippen molar-refractivity contribution in [2.24, 2.45) is 5.92 Å². The van der Waals surface area contributed by atoms with E-state index < -0.39 is 12.4 Å². The predicted octanol–water partition coefficient (Wildman–Crippen LogP) is 1.42. The fraction of sp³-hybridized carbons (Fsp3) is 0.667. The fourth-order valence-electron chi connectivity index (χ4n) is 0.874. The number of methoxy groups -OCH3 is 1. The lowest BCUT2D eigenvalue weighted by atomic mass is 10.1. The number of aliphatic hydroxyl groups is 1. The molecule has 0 spiro atoms. The number of ether oxygens (including phenoxy) is 1. The maximum atomic E-state index is 12.4. The molecule has 0 saturated carbocycles. The Kier molecular flexibility index (Phi) is 6.14. The second-order valence-electron chi connectivity index (χ2n) is 2.81. The van der Waals surface area contributed by atoms with Crippen LogP contribution in [0.4, 0.5) is 4.39 Å². The molecule has 0 saturated heterocycles. The van der Waals surface area contributed by atoms with Crippen LogP contribution < -0.4 is 0 Å². The third-order valence-corrected chi connectivity index (χ3v) is 1.72. The molecular formula is C9H15FO3. The van der Waals surface area contributed by atoms with E-state index in [-0.39, 0.29) is 11.9 Å². The van der Waals surface area contributed by atoms with Crippen molar-refractivity contribution < 1.29 is 19.0 Å². The molecule has 0 rings (SSSR count). The van der Waals surface area contributed by atoms with Crippen LogP contribution in [0.5, 0.6) is 0 Å². The van der Waals surface area contributed by atoms with Gasteiger partial charge in [0.15, 0.2) is 0 Å². The fourth-order valence-corrected chi connectivity index (χ4v) is 0.874. The number of hydrogen-bond acceptors (Lipinski definition) is 3. The van der Waals surface area contributed by atoms with Crippen LogP contribution in [0.25, 0.3) is 0 Å². The highest BCUT2D eigenvalue weighted by Crippen LogP contribution is 2.09. The summed E-state index contributed by atoms with van der Waals surface area (Å²) in [4.78, 5) is 10.9. The molecule has 0 aromatic carbocycles. The summed E-state index contributed by atoms with van der Waals surface area (Å²) in [7, 11) is 1.32. The molecular weight excluding hydrogens is 175 g/mol. The first kappa shape index (κ1) is 12.1. The molecule has 13 heavy (non-hydrogen) atoms. The lowest BCUT2D eigenvalue weighted by molar-refractivity contribution is -0.144. The van der Waals surface area contributed by atoms with Gasteiger partial charge >= 0.3 is 5.97 Å². The molecule has 4 heteroatoms. The summed E-state index contributed by atoms with van der Waals surface area (Å²) in [6.07, 6.45) is 2.24. The topological polar surface area (TPSA) is 46.5 Å². The van der Waals surface area contributed by atoms with Crippen molar-refractivity contribution in [2.45, 2.75) is 19.8 Å². The summed E-state index contributed by atoms with van der Waals surface area (Å²) in [6.45, 7) is 1.14. The predicted molar refractivity (Wildman–Crippen MR) is 46.7 cm³/mol. The molecule has 0 aromatic heterocycles. The largest absolute Gasteiger partial charge is 0.469 e.